The van der Waals surface area contributed by atoms with Gasteiger partial charge in [0.1, 0.15) is 6.04 Å². The van der Waals surface area contributed by atoms with Crippen molar-refractivity contribution in [2.75, 3.05) is 0 Å². The van der Waals surface area contributed by atoms with Gasteiger partial charge in [0.15, 0.2) is 0 Å². The van der Waals surface area contributed by atoms with E-state index in [9.17, 15) is 9.59 Å². The Hall–Kier alpha value is -2.14. The van der Waals surface area contributed by atoms with Gasteiger partial charge in [0.2, 0.25) is 0 Å². The van der Waals surface area contributed by atoms with E-state index in [-0.39, 0.29) is 12.0 Å². The summed E-state index contributed by atoms with van der Waals surface area (Å²) in [6.07, 6.45) is 1.78. The van der Waals surface area contributed by atoms with E-state index in [2.05, 4.69) is 4.98 Å². The molecule has 1 aromatic carbocycles. The summed E-state index contributed by atoms with van der Waals surface area (Å²) in [7, 11) is 0. The molecule has 0 bridgehead atoms. The standard InChI is InChI=1S/C12H12N2O3/c13-10(12(16)17)6-7-1-2-8-3-4-14-11(15)9(8)5-7/h1-5,10H,6,13H2,(H,14,15)(H,16,17). The van der Waals surface area contributed by atoms with Crippen LogP contribution in [0.5, 0.6) is 0 Å². The van der Waals surface area contributed by atoms with Crippen LogP contribution in [0.25, 0.3) is 10.8 Å². The lowest BCUT2D eigenvalue weighted by atomic mass is 10.0. The van der Waals surface area contributed by atoms with Gasteiger partial charge in [-0.25, -0.2) is 0 Å². The van der Waals surface area contributed by atoms with E-state index in [1.54, 1.807) is 30.5 Å². The summed E-state index contributed by atoms with van der Waals surface area (Å²) in [4.78, 5) is 24.8. The Kier molecular flexibility index (Phi) is 2.93. The zero-order chi connectivity index (χ0) is 12.4. The number of benzene rings is 1. The second-order valence-corrected chi connectivity index (χ2v) is 3.88. The van der Waals surface area contributed by atoms with Gasteiger partial charge in [-0.05, 0) is 29.5 Å². The average molecular weight is 232 g/mol. The van der Waals surface area contributed by atoms with Crippen LogP contribution in [0.4, 0.5) is 0 Å². The molecule has 0 saturated carbocycles. The van der Waals surface area contributed by atoms with E-state index < -0.39 is 12.0 Å². The lowest BCUT2D eigenvalue weighted by Crippen LogP contribution is -2.32. The van der Waals surface area contributed by atoms with Crippen molar-refractivity contribution in [1.82, 2.24) is 4.98 Å². The third-order valence-electron chi connectivity index (χ3n) is 2.61. The molecule has 2 aromatic rings. The minimum absolute atomic E-state index is 0.187. The van der Waals surface area contributed by atoms with Gasteiger partial charge in [-0.2, -0.15) is 0 Å². The number of pyridine rings is 1. The maximum atomic E-state index is 11.5. The summed E-state index contributed by atoms with van der Waals surface area (Å²) >= 11 is 0. The molecule has 0 aliphatic rings. The largest absolute Gasteiger partial charge is 0.480 e. The minimum Gasteiger partial charge on any atom is -0.480 e. The molecule has 0 aliphatic heterocycles. The van der Waals surface area contributed by atoms with Crippen LogP contribution in [0, 0.1) is 0 Å². The van der Waals surface area contributed by atoms with Crippen molar-refractivity contribution in [3.63, 3.8) is 0 Å². The molecule has 5 heteroatoms. The third kappa shape index (κ3) is 2.34. The van der Waals surface area contributed by atoms with Gasteiger partial charge in [-0.1, -0.05) is 12.1 Å². The lowest BCUT2D eigenvalue weighted by Gasteiger charge is -2.07. The van der Waals surface area contributed by atoms with E-state index in [4.69, 9.17) is 10.8 Å². The fourth-order valence-corrected chi connectivity index (χ4v) is 1.70. The van der Waals surface area contributed by atoms with Crippen LogP contribution in [0.3, 0.4) is 0 Å². The van der Waals surface area contributed by atoms with E-state index in [0.29, 0.717) is 5.39 Å². The molecule has 1 atom stereocenters. The summed E-state index contributed by atoms with van der Waals surface area (Å²) in [6, 6.07) is 6.09. The Morgan fingerprint density at radius 2 is 2.18 bits per heavy atom. The van der Waals surface area contributed by atoms with Gasteiger partial charge in [-0.15, -0.1) is 0 Å². The summed E-state index contributed by atoms with van der Waals surface area (Å²) in [5.41, 5.74) is 6.00. The van der Waals surface area contributed by atoms with Gasteiger partial charge >= 0.3 is 5.97 Å². The smallest absolute Gasteiger partial charge is 0.320 e. The number of hydrogen-bond donors (Lipinski definition) is 3. The highest BCUT2D eigenvalue weighted by Crippen LogP contribution is 2.12. The number of aromatic amines is 1. The number of aliphatic carboxylic acids is 1. The van der Waals surface area contributed by atoms with Gasteiger partial charge in [0.05, 0.1) is 0 Å². The van der Waals surface area contributed by atoms with Crippen LogP contribution < -0.4 is 11.3 Å². The fourth-order valence-electron chi connectivity index (χ4n) is 1.70. The first kappa shape index (κ1) is 11.3. The number of fused-ring (bicyclic) bond motifs is 1. The van der Waals surface area contributed by atoms with Crippen molar-refractivity contribution < 1.29 is 9.90 Å². The van der Waals surface area contributed by atoms with Crippen molar-refractivity contribution >= 4 is 16.7 Å². The average Bonchev–Trinajstić information content (AvgIpc) is 2.30. The maximum Gasteiger partial charge on any atom is 0.320 e. The normalized spacial score (nSPS) is 12.5. The van der Waals surface area contributed by atoms with Crippen LogP contribution in [0.15, 0.2) is 35.3 Å². The molecular weight excluding hydrogens is 220 g/mol. The van der Waals surface area contributed by atoms with Crippen molar-refractivity contribution in [3.8, 4) is 0 Å². The molecule has 88 valence electrons. The van der Waals surface area contributed by atoms with Crippen LogP contribution in [-0.4, -0.2) is 22.1 Å². The first-order valence-corrected chi connectivity index (χ1v) is 5.16. The third-order valence-corrected chi connectivity index (χ3v) is 2.61. The lowest BCUT2D eigenvalue weighted by molar-refractivity contribution is -0.138. The number of carbonyl (C=O) groups is 1. The number of carboxylic acid groups (broad SMARTS) is 1. The van der Waals surface area contributed by atoms with Crippen molar-refractivity contribution in [1.29, 1.82) is 0 Å². The van der Waals surface area contributed by atoms with Gasteiger partial charge < -0.3 is 15.8 Å². The highest BCUT2D eigenvalue weighted by atomic mass is 16.4. The van der Waals surface area contributed by atoms with Gasteiger partial charge in [0.25, 0.3) is 5.56 Å². The van der Waals surface area contributed by atoms with E-state index in [0.717, 1.165) is 10.9 Å². The van der Waals surface area contributed by atoms with Crippen molar-refractivity contribution in [3.05, 3.63) is 46.4 Å². The van der Waals surface area contributed by atoms with Crippen LogP contribution in [-0.2, 0) is 11.2 Å². The highest BCUT2D eigenvalue weighted by Gasteiger charge is 2.12. The van der Waals surface area contributed by atoms with Gasteiger partial charge in [-0.3, -0.25) is 9.59 Å². The molecule has 2 rings (SSSR count). The Morgan fingerprint density at radius 3 is 2.88 bits per heavy atom. The van der Waals surface area contributed by atoms with Crippen molar-refractivity contribution in [2.24, 2.45) is 5.73 Å². The Balaban J connectivity index is 2.41. The van der Waals surface area contributed by atoms with E-state index in [1.165, 1.54) is 0 Å². The summed E-state index contributed by atoms with van der Waals surface area (Å²) < 4.78 is 0. The Bertz CT molecular complexity index is 618. The number of nitrogens with one attached hydrogen (secondary N) is 1. The van der Waals surface area contributed by atoms with Crippen LogP contribution >= 0.6 is 0 Å². The molecule has 1 aromatic heterocycles. The van der Waals surface area contributed by atoms with E-state index >= 15 is 0 Å². The van der Waals surface area contributed by atoms with Crippen LogP contribution in [0.2, 0.25) is 0 Å². The Labute approximate surface area is 96.9 Å². The first-order chi connectivity index (χ1) is 8.08. The molecule has 17 heavy (non-hydrogen) atoms. The quantitative estimate of drug-likeness (QED) is 0.717. The molecular formula is C12H12N2O3. The second kappa shape index (κ2) is 4.39. The fraction of sp³-hybridized carbons (Fsp3) is 0.167. The number of rotatable bonds is 3. The predicted molar refractivity (Wildman–Crippen MR) is 63.9 cm³/mol. The SMILES string of the molecule is NC(Cc1ccc2cc[nH]c(=O)c2c1)C(=O)O. The topological polar surface area (TPSA) is 96.2 Å². The first-order valence-electron chi connectivity index (χ1n) is 5.16. The maximum absolute atomic E-state index is 11.5. The monoisotopic (exact) mass is 232 g/mol. The predicted octanol–water partition coefficient (Wildman–Crippen LogP) is 0.482. The van der Waals surface area contributed by atoms with Crippen molar-refractivity contribution in [2.45, 2.75) is 12.5 Å². The Morgan fingerprint density at radius 1 is 1.41 bits per heavy atom. The molecule has 0 saturated heterocycles. The molecule has 1 heterocycles. The second-order valence-electron chi connectivity index (χ2n) is 3.88. The van der Waals surface area contributed by atoms with Crippen LogP contribution in [0.1, 0.15) is 5.56 Å². The molecule has 0 radical (unpaired) electrons. The number of aromatic nitrogens is 1. The molecule has 0 amide bonds. The highest BCUT2D eigenvalue weighted by molar-refractivity contribution is 5.82. The zero-order valence-electron chi connectivity index (χ0n) is 9.01. The zero-order valence-corrected chi connectivity index (χ0v) is 9.01. The summed E-state index contributed by atoms with van der Waals surface area (Å²) in [5, 5.41) is 10.1. The molecule has 4 N–H and O–H groups in total. The molecule has 0 fully saturated rings. The number of hydrogen-bond acceptors (Lipinski definition) is 3. The summed E-state index contributed by atoms with van der Waals surface area (Å²) in [5.74, 6) is -1.05. The molecule has 0 spiro atoms. The number of carboxylic acids is 1. The summed E-state index contributed by atoms with van der Waals surface area (Å²) in [6.45, 7) is 0. The van der Waals surface area contributed by atoms with E-state index in [1.807, 2.05) is 0 Å². The molecule has 0 aliphatic carbocycles. The number of H-pyrrole nitrogens is 1. The molecule has 5 nitrogen and oxygen atoms in total. The number of nitrogens with two attached hydrogens (primary N) is 1. The van der Waals surface area contributed by atoms with Gasteiger partial charge in [0, 0.05) is 11.6 Å². The minimum atomic E-state index is -1.05. The molecule has 1 unspecified atom stereocenters.